The molecule has 1 aromatic carbocycles. The van der Waals surface area contributed by atoms with Crippen molar-refractivity contribution in [2.75, 3.05) is 24.3 Å². The van der Waals surface area contributed by atoms with Crippen LogP contribution in [0.1, 0.15) is 21.7 Å². The van der Waals surface area contributed by atoms with E-state index in [1.165, 1.54) is 6.26 Å². The number of furan rings is 1. The van der Waals surface area contributed by atoms with Gasteiger partial charge in [0.25, 0.3) is 5.91 Å². The van der Waals surface area contributed by atoms with Gasteiger partial charge in [0.2, 0.25) is 0 Å². The van der Waals surface area contributed by atoms with E-state index in [0.29, 0.717) is 11.3 Å². The molecule has 0 fully saturated rings. The van der Waals surface area contributed by atoms with Crippen LogP contribution in [0, 0.1) is 13.8 Å². The molecule has 2 rings (SSSR count). The zero-order valence-corrected chi connectivity index (χ0v) is 11.7. The number of aryl methyl sites for hydroxylation is 2. The largest absolute Gasteiger partial charge is 0.469 e. The third-order valence-corrected chi connectivity index (χ3v) is 3.08. The van der Waals surface area contributed by atoms with E-state index < -0.39 is 0 Å². The maximum absolute atomic E-state index is 12.1. The van der Waals surface area contributed by atoms with Crippen LogP contribution in [0.25, 0.3) is 0 Å². The van der Waals surface area contributed by atoms with E-state index in [9.17, 15) is 4.79 Å². The van der Waals surface area contributed by atoms with Crippen molar-refractivity contribution < 1.29 is 9.21 Å². The minimum absolute atomic E-state index is 0.146. The Hall–Kier alpha value is -2.23. The van der Waals surface area contributed by atoms with Gasteiger partial charge in [-0.05, 0) is 43.7 Å². The molecular formula is C15H18N2O2. The molecule has 0 atom stereocenters. The molecule has 0 aliphatic carbocycles. The lowest BCUT2D eigenvalue weighted by atomic mass is 10.1. The Kier molecular flexibility index (Phi) is 3.60. The van der Waals surface area contributed by atoms with Crippen LogP contribution in [0.2, 0.25) is 0 Å². The van der Waals surface area contributed by atoms with Crippen molar-refractivity contribution in [3.63, 3.8) is 0 Å². The summed E-state index contributed by atoms with van der Waals surface area (Å²) in [4.78, 5) is 14.1. The third kappa shape index (κ3) is 2.78. The van der Waals surface area contributed by atoms with Gasteiger partial charge in [0.15, 0.2) is 0 Å². The highest BCUT2D eigenvalue weighted by Gasteiger charge is 2.12. The number of rotatable bonds is 3. The van der Waals surface area contributed by atoms with E-state index in [4.69, 9.17) is 4.42 Å². The van der Waals surface area contributed by atoms with Crippen molar-refractivity contribution >= 4 is 17.3 Å². The summed E-state index contributed by atoms with van der Waals surface area (Å²) in [5, 5.41) is 2.90. The van der Waals surface area contributed by atoms with E-state index >= 15 is 0 Å². The van der Waals surface area contributed by atoms with E-state index in [2.05, 4.69) is 5.32 Å². The van der Waals surface area contributed by atoms with Gasteiger partial charge in [0.05, 0.1) is 11.8 Å². The first kappa shape index (κ1) is 13.2. The Labute approximate surface area is 113 Å². The van der Waals surface area contributed by atoms with Gasteiger partial charge < -0.3 is 14.6 Å². The average Bonchev–Trinajstić information content (AvgIpc) is 2.77. The Morgan fingerprint density at radius 2 is 1.95 bits per heavy atom. The van der Waals surface area contributed by atoms with E-state index in [1.807, 2.05) is 44.1 Å². The molecule has 1 N–H and O–H groups in total. The smallest absolute Gasteiger partial charge is 0.259 e. The van der Waals surface area contributed by atoms with Crippen LogP contribution in [0.3, 0.4) is 0 Å². The van der Waals surface area contributed by atoms with E-state index in [0.717, 1.165) is 16.9 Å². The zero-order valence-electron chi connectivity index (χ0n) is 11.7. The zero-order chi connectivity index (χ0) is 14.0. The monoisotopic (exact) mass is 258 g/mol. The van der Waals surface area contributed by atoms with Gasteiger partial charge in [0.1, 0.15) is 5.76 Å². The van der Waals surface area contributed by atoms with Crippen LogP contribution in [0.15, 0.2) is 34.9 Å². The van der Waals surface area contributed by atoms with Gasteiger partial charge in [0, 0.05) is 25.5 Å². The van der Waals surface area contributed by atoms with Gasteiger partial charge in [-0.15, -0.1) is 0 Å². The normalized spacial score (nSPS) is 10.3. The molecule has 0 unspecified atom stereocenters. The van der Waals surface area contributed by atoms with Crippen LogP contribution in [0.5, 0.6) is 0 Å². The Balaban J connectivity index is 2.20. The number of nitrogens with one attached hydrogen (secondary N) is 1. The number of benzene rings is 1. The van der Waals surface area contributed by atoms with Crippen molar-refractivity contribution in [2.45, 2.75) is 13.8 Å². The second kappa shape index (κ2) is 5.18. The van der Waals surface area contributed by atoms with E-state index in [1.54, 1.807) is 13.0 Å². The lowest BCUT2D eigenvalue weighted by molar-refractivity contribution is 0.102. The summed E-state index contributed by atoms with van der Waals surface area (Å²) in [6.45, 7) is 3.75. The molecule has 0 aliphatic heterocycles. The number of carbonyl (C=O) groups excluding carboxylic acids is 1. The molecule has 0 saturated carbocycles. The summed E-state index contributed by atoms with van der Waals surface area (Å²) < 4.78 is 5.14. The van der Waals surface area contributed by atoms with Gasteiger partial charge >= 0.3 is 0 Å². The summed E-state index contributed by atoms with van der Waals surface area (Å²) in [5.74, 6) is 0.479. The van der Waals surface area contributed by atoms with Crippen LogP contribution < -0.4 is 10.2 Å². The SMILES string of the molecule is Cc1cc(N(C)C)ccc1NC(=O)c1ccoc1C. The van der Waals surface area contributed by atoms with Gasteiger partial charge in [-0.3, -0.25) is 4.79 Å². The predicted molar refractivity (Wildman–Crippen MR) is 76.9 cm³/mol. The fourth-order valence-corrected chi connectivity index (χ4v) is 1.88. The molecule has 0 radical (unpaired) electrons. The number of hydrogen-bond donors (Lipinski definition) is 1. The van der Waals surface area contributed by atoms with Crippen LogP contribution in [-0.4, -0.2) is 20.0 Å². The first-order valence-electron chi connectivity index (χ1n) is 6.12. The number of nitrogens with zero attached hydrogens (tertiary/aromatic N) is 1. The van der Waals surface area contributed by atoms with Crippen LogP contribution in [0.4, 0.5) is 11.4 Å². The number of amides is 1. The molecule has 4 heteroatoms. The van der Waals surface area contributed by atoms with Crippen molar-refractivity contribution in [2.24, 2.45) is 0 Å². The number of hydrogen-bond acceptors (Lipinski definition) is 3. The molecular weight excluding hydrogens is 240 g/mol. The summed E-state index contributed by atoms with van der Waals surface area (Å²) in [6, 6.07) is 7.61. The second-order valence-electron chi connectivity index (χ2n) is 4.74. The fourth-order valence-electron chi connectivity index (χ4n) is 1.88. The molecule has 2 aromatic rings. The van der Waals surface area contributed by atoms with Crippen molar-refractivity contribution in [1.29, 1.82) is 0 Å². The lowest BCUT2D eigenvalue weighted by Gasteiger charge is -2.15. The molecule has 4 nitrogen and oxygen atoms in total. The van der Waals surface area contributed by atoms with E-state index in [-0.39, 0.29) is 5.91 Å². The van der Waals surface area contributed by atoms with Gasteiger partial charge in [-0.1, -0.05) is 0 Å². The molecule has 0 bridgehead atoms. The Bertz CT molecular complexity index is 600. The molecule has 1 amide bonds. The van der Waals surface area contributed by atoms with Crippen molar-refractivity contribution in [3.8, 4) is 0 Å². The summed E-state index contributed by atoms with van der Waals surface area (Å²) in [6.07, 6.45) is 1.52. The standard InChI is InChI=1S/C15H18N2O2/c1-10-9-12(17(3)4)5-6-14(10)16-15(18)13-7-8-19-11(13)2/h5-9H,1-4H3,(H,16,18). The molecule has 0 saturated heterocycles. The topological polar surface area (TPSA) is 45.5 Å². The summed E-state index contributed by atoms with van der Waals surface area (Å²) in [5.41, 5.74) is 3.52. The van der Waals surface area contributed by atoms with Crippen LogP contribution in [-0.2, 0) is 0 Å². The first-order chi connectivity index (χ1) is 8.99. The number of carbonyl (C=O) groups is 1. The lowest BCUT2D eigenvalue weighted by Crippen LogP contribution is -2.14. The van der Waals surface area contributed by atoms with Gasteiger partial charge in [-0.25, -0.2) is 0 Å². The van der Waals surface area contributed by atoms with Crippen molar-refractivity contribution in [1.82, 2.24) is 0 Å². The molecule has 100 valence electrons. The molecule has 1 aromatic heterocycles. The highest BCUT2D eigenvalue weighted by atomic mass is 16.3. The Morgan fingerprint density at radius 1 is 1.21 bits per heavy atom. The molecule has 0 aliphatic rings. The first-order valence-corrected chi connectivity index (χ1v) is 6.12. The minimum atomic E-state index is -0.146. The number of anilines is 2. The maximum atomic E-state index is 12.1. The van der Waals surface area contributed by atoms with Crippen LogP contribution >= 0.6 is 0 Å². The summed E-state index contributed by atoms with van der Waals surface area (Å²) in [7, 11) is 3.98. The highest BCUT2D eigenvalue weighted by molar-refractivity contribution is 6.05. The predicted octanol–water partition coefficient (Wildman–Crippen LogP) is 3.21. The third-order valence-electron chi connectivity index (χ3n) is 3.08. The average molecular weight is 258 g/mol. The Morgan fingerprint density at radius 3 is 2.47 bits per heavy atom. The van der Waals surface area contributed by atoms with Gasteiger partial charge in [-0.2, -0.15) is 0 Å². The maximum Gasteiger partial charge on any atom is 0.259 e. The molecule has 1 heterocycles. The molecule has 19 heavy (non-hydrogen) atoms. The molecule has 0 spiro atoms. The summed E-state index contributed by atoms with van der Waals surface area (Å²) >= 11 is 0. The fraction of sp³-hybridized carbons (Fsp3) is 0.267. The minimum Gasteiger partial charge on any atom is -0.469 e. The quantitative estimate of drug-likeness (QED) is 0.919. The van der Waals surface area contributed by atoms with Crippen molar-refractivity contribution in [3.05, 3.63) is 47.4 Å². The highest BCUT2D eigenvalue weighted by Crippen LogP contribution is 2.22. The second-order valence-corrected chi connectivity index (χ2v) is 4.74.